The summed E-state index contributed by atoms with van der Waals surface area (Å²) in [6.07, 6.45) is 2.42. The highest BCUT2D eigenvalue weighted by Gasteiger charge is 2.91. The van der Waals surface area contributed by atoms with E-state index >= 15 is 0 Å². The molecule has 2 bridgehead atoms. The molecular weight excluding hydrogens is 368 g/mol. The number of carbonyl (C=O) groups excluding carboxylic acids is 1. The summed E-state index contributed by atoms with van der Waals surface area (Å²) < 4.78 is 22.4. The van der Waals surface area contributed by atoms with E-state index in [2.05, 4.69) is 0 Å². The average molecular weight is 392 g/mol. The Morgan fingerprint density at radius 3 is 2.64 bits per heavy atom. The lowest BCUT2D eigenvalue weighted by atomic mass is 9.40. The zero-order valence-corrected chi connectivity index (χ0v) is 15.6. The van der Waals surface area contributed by atoms with Crippen molar-refractivity contribution in [2.75, 3.05) is 13.2 Å². The summed E-state index contributed by atoms with van der Waals surface area (Å²) >= 11 is 0. The molecule has 0 radical (unpaired) electrons. The molecule has 0 aromatic carbocycles. The van der Waals surface area contributed by atoms with Gasteiger partial charge in [-0.05, 0) is 24.8 Å². The van der Waals surface area contributed by atoms with E-state index in [1.54, 1.807) is 12.3 Å². The average Bonchev–Trinajstić information content (AvgIpc) is 3.06. The summed E-state index contributed by atoms with van der Waals surface area (Å²) in [5.41, 5.74) is -4.56. The lowest BCUT2D eigenvalue weighted by Gasteiger charge is -2.64. The smallest absolute Gasteiger partial charge is 0.316 e. The molecule has 0 amide bonds. The van der Waals surface area contributed by atoms with Gasteiger partial charge in [-0.2, -0.15) is 0 Å². The highest BCUT2D eigenvalue weighted by atomic mass is 16.7. The van der Waals surface area contributed by atoms with E-state index in [4.69, 9.17) is 18.6 Å². The molecule has 3 aliphatic heterocycles. The minimum atomic E-state index is -1.62. The Balaban J connectivity index is 1.53. The normalized spacial score (nSPS) is 56.9. The number of furan rings is 1. The Hall–Kier alpha value is -1.45. The topological polar surface area (TPSA) is 122 Å². The van der Waals surface area contributed by atoms with E-state index in [0.717, 1.165) is 5.56 Å². The van der Waals surface area contributed by atoms with E-state index < -0.39 is 46.0 Å². The molecule has 1 aromatic rings. The second-order valence-corrected chi connectivity index (χ2v) is 9.30. The highest BCUT2D eigenvalue weighted by molar-refractivity contribution is 5.82. The lowest BCUT2D eigenvalue weighted by Crippen LogP contribution is -2.78. The molecule has 2 saturated carbocycles. The van der Waals surface area contributed by atoms with Gasteiger partial charge in [0, 0.05) is 18.4 Å². The maximum atomic E-state index is 13.4. The van der Waals surface area contributed by atoms with Crippen LogP contribution in [0.3, 0.4) is 0 Å². The van der Waals surface area contributed by atoms with Gasteiger partial charge in [-0.3, -0.25) is 4.79 Å². The van der Waals surface area contributed by atoms with Gasteiger partial charge in [0.15, 0.2) is 11.4 Å². The quantitative estimate of drug-likeness (QED) is 0.471. The fourth-order valence-corrected chi connectivity index (χ4v) is 7.11. The number of cyclic esters (lactones) is 1. The molecule has 152 valence electrons. The Kier molecular flexibility index (Phi) is 2.99. The number of ether oxygens (including phenoxy) is 3. The zero-order chi connectivity index (χ0) is 19.6. The maximum absolute atomic E-state index is 13.4. The lowest BCUT2D eigenvalue weighted by molar-refractivity contribution is -0.301. The maximum Gasteiger partial charge on any atom is 0.316 e. The van der Waals surface area contributed by atoms with E-state index in [0.29, 0.717) is 6.42 Å². The molecule has 8 nitrogen and oxygen atoms in total. The molecule has 3 saturated heterocycles. The van der Waals surface area contributed by atoms with Crippen LogP contribution in [0.15, 0.2) is 23.0 Å². The standard InChI is InChI=1S/C20H24O8/c1-11-6-14(21)17-9-27-20(24,19(17)10-26-19)4-3-18(17,23)16(11)7-13(28-15(16)22)12-2-5-25-8-12/h2,5,8,11,13-14,21,23-24H,3-4,6-7,9-10H2,1H3/t11-,13+,14-,16+,17-,18+,19-,20-/m1/s1. The second kappa shape index (κ2) is 4.82. The predicted octanol–water partition coefficient (Wildman–Crippen LogP) is 0.654. The van der Waals surface area contributed by atoms with Crippen molar-refractivity contribution < 1.29 is 38.7 Å². The minimum absolute atomic E-state index is 0.0563. The highest BCUT2D eigenvalue weighted by Crippen LogP contribution is 2.76. The number of hydrogen-bond acceptors (Lipinski definition) is 8. The van der Waals surface area contributed by atoms with Crippen molar-refractivity contribution in [3.63, 3.8) is 0 Å². The Morgan fingerprint density at radius 1 is 1.18 bits per heavy atom. The molecule has 4 heterocycles. The first-order valence-corrected chi connectivity index (χ1v) is 9.90. The number of esters is 1. The van der Waals surface area contributed by atoms with Crippen molar-refractivity contribution in [2.45, 2.75) is 61.8 Å². The summed E-state index contributed by atoms with van der Waals surface area (Å²) in [6, 6.07) is 1.75. The third-order valence-electron chi connectivity index (χ3n) is 8.65. The first-order chi connectivity index (χ1) is 13.3. The van der Waals surface area contributed by atoms with Crippen molar-refractivity contribution in [1.82, 2.24) is 0 Å². The molecule has 3 spiro atoms. The third-order valence-corrected chi connectivity index (χ3v) is 8.65. The van der Waals surface area contributed by atoms with Crippen LogP contribution in [-0.4, -0.2) is 57.6 Å². The number of fused-ring (bicyclic) bond motifs is 1. The Labute approximate surface area is 161 Å². The zero-order valence-electron chi connectivity index (χ0n) is 15.6. The monoisotopic (exact) mass is 392 g/mol. The van der Waals surface area contributed by atoms with Crippen molar-refractivity contribution in [1.29, 1.82) is 0 Å². The van der Waals surface area contributed by atoms with Gasteiger partial charge in [0.1, 0.15) is 11.5 Å². The van der Waals surface area contributed by atoms with Crippen LogP contribution < -0.4 is 0 Å². The van der Waals surface area contributed by atoms with Crippen molar-refractivity contribution >= 4 is 5.97 Å². The Morgan fingerprint density at radius 2 is 1.96 bits per heavy atom. The molecule has 5 fully saturated rings. The number of carbonyl (C=O) groups is 1. The molecule has 28 heavy (non-hydrogen) atoms. The molecule has 6 rings (SSSR count). The number of aliphatic hydroxyl groups is 3. The van der Waals surface area contributed by atoms with Crippen LogP contribution in [0.5, 0.6) is 0 Å². The van der Waals surface area contributed by atoms with Gasteiger partial charge in [0.05, 0.1) is 42.9 Å². The second-order valence-electron chi connectivity index (χ2n) is 9.30. The fraction of sp³-hybridized carbons (Fsp3) is 0.750. The van der Waals surface area contributed by atoms with Crippen LogP contribution >= 0.6 is 0 Å². The van der Waals surface area contributed by atoms with Crippen LogP contribution in [0.1, 0.15) is 44.3 Å². The molecular formula is C20H24O8. The van der Waals surface area contributed by atoms with Crippen LogP contribution in [0, 0.1) is 16.7 Å². The molecule has 3 N–H and O–H groups in total. The largest absolute Gasteiger partial charge is 0.472 e. The summed E-state index contributed by atoms with van der Waals surface area (Å²) in [5, 5.41) is 34.5. The minimum Gasteiger partial charge on any atom is -0.472 e. The molecule has 5 aliphatic rings. The first kappa shape index (κ1) is 17.4. The van der Waals surface area contributed by atoms with E-state index in [1.807, 2.05) is 6.92 Å². The molecule has 8 atom stereocenters. The summed E-state index contributed by atoms with van der Waals surface area (Å²) in [7, 11) is 0. The van der Waals surface area contributed by atoms with Crippen molar-refractivity contribution in [3.05, 3.63) is 24.2 Å². The SMILES string of the molecule is C[C@@H]1C[C@@H](O)[C@]23CO[C@](O)(CC[C@]2(O)[C@@]12C[C@@H](c1ccoc1)OC2=O)[C@@]31CO1. The Bertz CT molecular complexity index is 848. The molecule has 1 aromatic heterocycles. The summed E-state index contributed by atoms with van der Waals surface area (Å²) in [6.45, 7) is 2.01. The number of aliphatic hydroxyl groups excluding tert-OH is 1. The van der Waals surface area contributed by atoms with Crippen molar-refractivity contribution in [2.24, 2.45) is 16.7 Å². The number of rotatable bonds is 1. The molecule has 0 unspecified atom stereocenters. The van der Waals surface area contributed by atoms with E-state index in [9.17, 15) is 20.1 Å². The number of epoxide rings is 1. The first-order valence-electron chi connectivity index (χ1n) is 9.90. The van der Waals surface area contributed by atoms with E-state index in [-0.39, 0.29) is 38.4 Å². The van der Waals surface area contributed by atoms with Gasteiger partial charge in [0.2, 0.25) is 0 Å². The van der Waals surface area contributed by atoms with Crippen LogP contribution in [0.2, 0.25) is 0 Å². The van der Waals surface area contributed by atoms with Crippen LogP contribution in [-0.2, 0) is 19.0 Å². The van der Waals surface area contributed by atoms with Gasteiger partial charge in [-0.25, -0.2) is 0 Å². The van der Waals surface area contributed by atoms with Gasteiger partial charge < -0.3 is 33.9 Å². The number of hydrogen-bond donors (Lipinski definition) is 3. The van der Waals surface area contributed by atoms with E-state index in [1.165, 1.54) is 6.26 Å². The van der Waals surface area contributed by atoms with Gasteiger partial charge in [0.25, 0.3) is 0 Å². The van der Waals surface area contributed by atoms with Gasteiger partial charge >= 0.3 is 5.97 Å². The fourth-order valence-electron chi connectivity index (χ4n) is 7.11. The predicted molar refractivity (Wildman–Crippen MR) is 90.6 cm³/mol. The molecule has 2 aliphatic carbocycles. The summed E-state index contributed by atoms with van der Waals surface area (Å²) in [5.74, 6) is -2.33. The van der Waals surface area contributed by atoms with Gasteiger partial charge in [-0.1, -0.05) is 6.92 Å². The van der Waals surface area contributed by atoms with Crippen LogP contribution in [0.25, 0.3) is 0 Å². The third kappa shape index (κ3) is 1.49. The summed E-state index contributed by atoms with van der Waals surface area (Å²) in [4.78, 5) is 13.4. The molecule has 8 heteroatoms. The van der Waals surface area contributed by atoms with Crippen LogP contribution in [0.4, 0.5) is 0 Å². The van der Waals surface area contributed by atoms with Gasteiger partial charge in [-0.15, -0.1) is 0 Å². The van der Waals surface area contributed by atoms with Crippen molar-refractivity contribution in [3.8, 4) is 0 Å².